The van der Waals surface area contributed by atoms with Crippen molar-refractivity contribution in [2.24, 2.45) is 20.9 Å². The van der Waals surface area contributed by atoms with E-state index >= 15 is 0 Å². The second kappa shape index (κ2) is 6.47. The number of likely N-dealkylation sites (tertiary alicyclic amines) is 1. The van der Waals surface area contributed by atoms with E-state index in [9.17, 15) is 14.4 Å². The van der Waals surface area contributed by atoms with Crippen molar-refractivity contribution in [3.63, 3.8) is 0 Å². The molecule has 8 nitrogen and oxygen atoms in total. The molecule has 1 aromatic heterocycles. The molecule has 0 saturated carbocycles. The van der Waals surface area contributed by atoms with Crippen molar-refractivity contribution in [3.05, 3.63) is 48.0 Å². The van der Waals surface area contributed by atoms with Gasteiger partial charge in [0.05, 0.1) is 35.7 Å². The first kappa shape index (κ1) is 16.1. The predicted octanol–water partition coefficient (Wildman–Crippen LogP) is 1.10. The maximum atomic E-state index is 12.5. The van der Waals surface area contributed by atoms with Crippen molar-refractivity contribution in [1.82, 2.24) is 4.90 Å². The van der Waals surface area contributed by atoms with Gasteiger partial charge in [-0.3, -0.25) is 14.4 Å². The molecular weight excluding hydrogens is 336 g/mol. The summed E-state index contributed by atoms with van der Waals surface area (Å²) < 4.78 is 5.24. The third kappa shape index (κ3) is 3.08. The van der Waals surface area contributed by atoms with Crippen LogP contribution in [0.15, 0.2) is 61.6 Å². The van der Waals surface area contributed by atoms with E-state index < -0.39 is 11.8 Å². The zero-order chi connectivity index (χ0) is 18.1. The summed E-state index contributed by atoms with van der Waals surface area (Å²) >= 11 is 0. The first-order valence-corrected chi connectivity index (χ1v) is 8.07. The minimum atomic E-state index is -0.507. The number of aliphatic imine (C=N–C) groups is 3. The fraction of sp³-hybridized carbons (Fsp3) is 0.222. The highest BCUT2D eigenvalue weighted by atomic mass is 16.3. The molecule has 1 fully saturated rings. The molecule has 0 aromatic carbocycles. The Bertz CT molecular complexity index is 934. The van der Waals surface area contributed by atoms with Crippen molar-refractivity contribution < 1.29 is 18.8 Å². The topological polar surface area (TPSA) is 105 Å². The Labute approximate surface area is 148 Å². The Kier molecular flexibility index (Phi) is 4.00. The smallest absolute Gasteiger partial charge is 0.280 e. The molecule has 0 N–H and O–H groups in total. The molecule has 3 amide bonds. The zero-order valence-corrected chi connectivity index (χ0v) is 13.7. The summed E-state index contributed by atoms with van der Waals surface area (Å²) in [6, 6.07) is 3.53. The van der Waals surface area contributed by atoms with Gasteiger partial charge in [0.25, 0.3) is 11.8 Å². The molecular formula is C18H14N4O4. The molecule has 1 saturated heterocycles. The molecule has 1 unspecified atom stereocenters. The van der Waals surface area contributed by atoms with E-state index in [1.54, 1.807) is 35.4 Å². The van der Waals surface area contributed by atoms with E-state index in [4.69, 9.17) is 4.42 Å². The van der Waals surface area contributed by atoms with Crippen molar-refractivity contribution in [2.45, 2.75) is 13.0 Å². The second-order valence-corrected chi connectivity index (χ2v) is 6.08. The van der Waals surface area contributed by atoms with Crippen LogP contribution in [0.5, 0.6) is 0 Å². The number of hydrogen-bond donors (Lipinski definition) is 0. The highest BCUT2D eigenvalue weighted by molar-refractivity contribution is 6.36. The quantitative estimate of drug-likeness (QED) is 0.761. The lowest BCUT2D eigenvalue weighted by Gasteiger charge is -2.14. The number of fused-ring (bicyclic) bond motifs is 1. The zero-order valence-electron chi connectivity index (χ0n) is 13.7. The first-order chi connectivity index (χ1) is 12.6. The molecule has 130 valence electrons. The van der Waals surface area contributed by atoms with E-state index in [1.165, 1.54) is 12.4 Å². The number of nitrogens with zero attached hydrogens (tertiary/aromatic N) is 4. The molecule has 1 aliphatic carbocycles. The van der Waals surface area contributed by atoms with E-state index in [1.807, 2.05) is 0 Å². The molecule has 3 heterocycles. The Morgan fingerprint density at radius 1 is 1.35 bits per heavy atom. The highest BCUT2D eigenvalue weighted by Crippen LogP contribution is 2.22. The van der Waals surface area contributed by atoms with Gasteiger partial charge in [0.2, 0.25) is 5.91 Å². The van der Waals surface area contributed by atoms with Gasteiger partial charge < -0.3 is 9.32 Å². The summed E-state index contributed by atoms with van der Waals surface area (Å²) in [5.41, 5.74) is 1.16. The Hall–Kier alpha value is -3.42. The van der Waals surface area contributed by atoms with Gasteiger partial charge in [-0.2, -0.15) is 4.99 Å². The summed E-state index contributed by atoms with van der Waals surface area (Å²) in [4.78, 5) is 49.6. The lowest BCUT2D eigenvalue weighted by molar-refractivity contribution is -0.129. The summed E-state index contributed by atoms with van der Waals surface area (Å²) in [5.74, 6) is -0.749. The second-order valence-electron chi connectivity index (χ2n) is 6.08. The van der Waals surface area contributed by atoms with Crippen LogP contribution < -0.4 is 0 Å². The van der Waals surface area contributed by atoms with Gasteiger partial charge in [-0.1, -0.05) is 0 Å². The minimum Gasteiger partial charge on any atom is -0.467 e. The molecule has 1 atom stereocenters. The normalized spacial score (nSPS) is 23.3. The number of hydrogen-bond acceptors (Lipinski definition) is 5. The number of furan rings is 1. The third-order valence-corrected chi connectivity index (χ3v) is 4.31. The van der Waals surface area contributed by atoms with E-state index in [0.29, 0.717) is 35.8 Å². The van der Waals surface area contributed by atoms with Gasteiger partial charge in [-0.25, -0.2) is 9.98 Å². The molecule has 4 rings (SSSR count). The fourth-order valence-electron chi connectivity index (χ4n) is 2.99. The lowest BCUT2D eigenvalue weighted by Crippen LogP contribution is -2.25. The van der Waals surface area contributed by atoms with Crippen molar-refractivity contribution in [2.75, 3.05) is 6.54 Å². The van der Waals surface area contributed by atoms with Crippen LogP contribution in [0.2, 0.25) is 0 Å². The molecule has 0 spiro atoms. The molecule has 8 heteroatoms. The van der Waals surface area contributed by atoms with E-state index in [2.05, 4.69) is 15.0 Å². The van der Waals surface area contributed by atoms with Gasteiger partial charge in [0.1, 0.15) is 12.1 Å². The third-order valence-electron chi connectivity index (χ3n) is 4.31. The lowest BCUT2D eigenvalue weighted by atomic mass is 10.0. The number of carbonyl (C=O) groups is 3. The number of rotatable bonds is 3. The molecule has 0 radical (unpaired) electrons. The summed E-state index contributed by atoms with van der Waals surface area (Å²) in [6.07, 6.45) is 7.59. The van der Waals surface area contributed by atoms with Gasteiger partial charge in [0.15, 0.2) is 0 Å². The van der Waals surface area contributed by atoms with Gasteiger partial charge in [-0.05, 0) is 30.4 Å². The van der Waals surface area contributed by atoms with Crippen LogP contribution in [0.1, 0.15) is 12.2 Å². The SMILES string of the molecule is O=C1N=CN=C2C=CC(=NC(=O)C3CC(=O)N(Cc4ccco4)C3)C=C12. The van der Waals surface area contributed by atoms with Crippen molar-refractivity contribution in [1.29, 1.82) is 0 Å². The molecule has 1 aromatic rings. The highest BCUT2D eigenvalue weighted by Gasteiger charge is 2.34. The van der Waals surface area contributed by atoms with Crippen LogP contribution in [-0.4, -0.2) is 46.9 Å². The number of carbonyl (C=O) groups excluding carboxylic acids is 3. The average Bonchev–Trinajstić information content (AvgIpc) is 3.26. The van der Waals surface area contributed by atoms with Gasteiger partial charge >= 0.3 is 0 Å². The Balaban J connectivity index is 1.46. The Morgan fingerprint density at radius 2 is 2.23 bits per heavy atom. The number of allylic oxidation sites excluding steroid dienone is 3. The Morgan fingerprint density at radius 3 is 3.04 bits per heavy atom. The maximum Gasteiger partial charge on any atom is 0.280 e. The predicted molar refractivity (Wildman–Crippen MR) is 92.8 cm³/mol. The molecule has 26 heavy (non-hydrogen) atoms. The monoisotopic (exact) mass is 350 g/mol. The fourth-order valence-corrected chi connectivity index (χ4v) is 2.99. The van der Waals surface area contributed by atoms with Crippen LogP contribution in [0.25, 0.3) is 0 Å². The summed E-state index contributed by atoms with van der Waals surface area (Å²) in [5, 5.41) is 0. The molecule has 0 bridgehead atoms. The number of amides is 3. The van der Waals surface area contributed by atoms with Crippen molar-refractivity contribution in [3.8, 4) is 0 Å². The van der Waals surface area contributed by atoms with E-state index in [0.717, 1.165) is 0 Å². The van der Waals surface area contributed by atoms with Gasteiger partial charge in [0, 0.05) is 13.0 Å². The van der Waals surface area contributed by atoms with Crippen LogP contribution >= 0.6 is 0 Å². The molecule has 3 aliphatic rings. The van der Waals surface area contributed by atoms with Crippen LogP contribution in [0.4, 0.5) is 0 Å². The molecule has 2 aliphatic heterocycles. The van der Waals surface area contributed by atoms with Crippen LogP contribution in [-0.2, 0) is 20.9 Å². The van der Waals surface area contributed by atoms with Gasteiger partial charge in [-0.15, -0.1) is 0 Å². The van der Waals surface area contributed by atoms with Crippen LogP contribution in [0.3, 0.4) is 0 Å². The summed E-state index contributed by atoms with van der Waals surface area (Å²) in [7, 11) is 0. The van der Waals surface area contributed by atoms with E-state index in [-0.39, 0.29) is 18.2 Å². The first-order valence-electron chi connectivity index (χ1n) is 8.07. The van der Waals surface area contributed by atoms with Crippen LogP contribution in [0, 0.1) is 5.92 Å². The summed E-state index contributed by atoms with van der Waals surface area (Å²) in [6.45, 7) is 0.633. The minimum absolute atomic E-state index is 0.108. The maximum absolute atomic E-state index is 12.5. The van der Waals surface area contributed by atoms with Crippen molar-refractivity contribution >= 4 is 35.5 Å². The largest absolute Gasteiger partial charge is 0.467 e. The standard InChI is InChI=1S/C18H14N4O4/c23-16-6-11(8-22(16)9-13-2-1-5-26-13)17(24)21-12-3-4-15-14(7-12)18(25)20-10-19-15/h1-5,7,10-11H,6,8-9H2. The average molecular weight is 350 g/mol.